The van der Waals surface area contributed by atoms with Crippen LogP contribution in [0.1, 0.15) is 18.9 Å². The SMILES string of the molecule is COc1ccc(-c2nnn(CC(=O)N3c4ccccc4CCC3C)n2)cc1OC. The molecule has 0 radical (unpaired) electrons. The fraction of sp³-hybridized carbons (Fsp3) is 0.333. The molecule has 8 nitrogen and oxygen atoms in total. The molecule has 0 saturated heterocycles. The van der Waals surface area contributed by atoms with Crippen LogP contribution in [-0.4, -0.2) is 46.4 Å². The summed E-state index contributed by atoms with van der Waals surface area (Å²) in [5, 5.41) is 12.5. The van der Waals surface area contributed by atoms with Crippen LogP contribution in [0.2, 0.25) is 0 Å². The number of amides is 1. The molecule has 1 unspecified atom stereocenters. The normalized spacial score (nSPS) is 15.7. The largest absolute Gasteiger partial charge is 0.493 e. The molecule has 150 valence electrons. The van der Waals surface area contributed by atoms with Crippen molar-refractivity contribution in [1.29, 1.82) is 0 Å². The van der Waals surface area contributed by atoms with Gasteiger partial charge in [-0.05, 0) is 54.8 Å². The Hall–Kier alpha value is -3.42. The lowest BCUT2D eigenvalue weighted by atomic mass is 9.96. The number of carbonyl (C=O) groups is 1. The summed E-state index contributed by atoms with van der Waals surface area (Å²) in [6.45, 7) is 2.09. The average molecular weight is 393 g/mol. The average Bonchev–Trinajstić information content (AvgIpc) is 3.21. The fourth-order valence-corrected chi connectivity index (χ4v) is 3.67. The van der Waals surface area contributed by atoms with Gasteiger partial charge in [-0.25, -0.2) is 0 Å². The molecule has 1 amide bonds. The highest BCUT2D eigenvalue weighted by Gasteiger charge is 2.28. The monoisotopic (exact) mass is 393 g/mol. The highest BCUT2D eigenvalue weighted by atomic mass is 16.5. The zero-order chi connectivity index (χ0) is 20.4. The molecule has 0 spiro atoms. The van der Waals surface area contributed by atoms with Crippen molar-refractivity contribution in [1.82, 2.24) is 20.2 Å². The predicted octanol–water partition coefficient (Wildman–Crippen LogP) is 2.73. The van der Waals surface area contributed by atoms with E-state index in [2.05, 4.69) is 28.4 Å². The van der Waals surface area contributed by atoms with Crippen LogP contribution in [0.4, 0.5) is 5.69 Å². The summed E-state index contributed by atoms with van der Waals surface area (Å²) >= 11 is 0. The van der Waals surface area contributed by atoms with Crippen molar-refractivity contribution < 1.29 is 14.3 Å². The first-order valence-corrected chi connectivity index (χ1v) is 9.51. The predicted molar refractivity (Wildman–Crippen MR) is 108 cm³/mol. The highest BCUT2D eigenvalue weighted by Crippen LogP contribution is 2.32. The Balaban J connectivity index is 1.55. The molecule has 1 aliphatic rings. The van der Waals surface area contributed by atoms with E-state index in [-0.39, 0.29) is 18.5 Å². The second-order valence-electron chi connectivity index (χ2n) is 6.99. The first-order valence-electron chi connectivity index (χ1n) is 9.51. The van der Waals surface area contributed by atoms with Crippen molar-refractivity contribution in [2.24, 2.45) is 0 Å². The molecule has 0 saturated carbocycles. The molecule has 0 aliphatic carbocycles. The number of methoxy groups -OCH3 is 2. The van der Waals surface area contributed by atoms with Gasteiger partial charge < -0.3 is 14.4 Å². The molecule has 0 bridgehead atoms. The molecular weight excluding hydrogens is 370 g/mol. The zero-order valence-corrected chi connectivity index (χ0v) is 16.7. The lowest BCUT2D eigenvalue weighted by Gasteiger charge is -2.35. The standard InChI is InChI=1S/C21H23N5O3/c1-14-8-9-15-6-4-5-7-17(15)26(14)20(27)13-25-23-21(22-24-25)16-10-11-18(28-2)19(12-16)29-3/h4-7,10-12,14H,8-9,13H2,1-3H3. The van der Waals surface area contributed by atoms with E-state index < -0.39 is 0 Å². The number of ether oxygens (including phenoxy) is 2. The number of carbonyl (C=O) groups excluding carboxylic acids is 1. The van der Waals surface area contributed by atoms with Crippen molar-refractivity contribution >= 4 is 11.6 Å². The molecule has 29 heavy (non-hydrogen) atoms. The Bertz CT molecular complexity index is 1030. The second-order valence-corrected chi connectivity index (χ2v) is 6.99. The third-order valence-electron chi connectivity index (χ3n) is 5.16. The van der Waals surface area contributed by atoms with Crippen LogP contribution < -0.4 is 14.4 Å². The van der Waals surface area contributed by atoms with Crippen LogP contribution in [0.5, 0.6) is 11.5 Å². The van der Waals surface area contributed by atoms with Gasteiger partial charge in [0.05, 0.1) is 14.2 Å². The zero-order valence-electron chi connectivity index (χ0n) is 16.7. The first kappa shape index (κ1) is 18.9. The van der Waals surface area contributed by atoms with E-state index in [1.54, 1.807) is 26.4 Å². The van der Waals surface area contributed by atoms with Gasteiger partial charge in [0, 0.05) is 17.3 Å². The van der Waals surface area contributed by atoms with E-state index in [4.69, 9.17) is 9.47 Å². The molecule has 0 N–H and O–H groups in total. The summed E-state index contributed by atoms with van der Waals surface area (Å²) < 4.78 is 10.6. The Morgan fingerprint density at radius 1 is 1.14 bits per heavy atom. The minimum atomic E-state index is -0.0547. The van der Waals surface area contributed by atoms with Crippen molar-refractivity contribution in [2.45, 2.75) is 32.4 Å². The van der Waals surface area contributed by atoms with E-state index >= 15 is 0 Å². The topological polar surface area (TPSA) is 82.4 Å². The fourth-order valence-electron chi connectivity index (χ4n) is 3.67. The number of anilines is 1. The Morgan fingerprint density at radius 2 is 1.93 bits per heavy atom. The quantitative estimate of drug-likeness (QED) is 0.663. The van der Waals surface area contributed by atoms with E-state index in [0.717, 1.165) is 24.1 Å². The van der Waals surface area contributed by atoms with E-state index in [0.29, 0.717) is 17.3 Å². The molecule has 1 atom stereocenters. The maximum Gasteiger partial charge on any atom is 0.250 e. The van der Waals surface area contributed by atoms with Crippen LogP contribution in [0.25, 0.3) is 11.4 Å². The van der Waals surface area contributed by atoms with Gasteiger partial charge in [-0.3, -0.25) is 4.79 Å². The summed E-state index contributed by atoms with van der Waals surface area (Å²) in [5.74, 6) is 1.57. The number of nitrogens with zero attached hydrogens (tertiary/aromatic N) is 5. The number of rotatable bonds is 5. The van der Waals surface area contributed by atoms with Gasteiger partial charge in [-0.2, -0.15) is 4.80 Å². The third kappa shape index (κ3) is 3.65. The maximum atomic E-state index is 13.0. The minimum absolute atomic E-state index is 0.0267. The number of fused-ring (bicyclic) bond motifs is 1. The summed E-state index contributed by atoms with van der Waals surface area (Å²) in [6, 6.07) is 13.6. The van der Waals surface area contributed by atoms with Crippen molar-refractivity contribution in [3.05, 3.63) is 48.0 Å². The van der Waals surface area contributed by atoms with Crippen LogP contribution in [0.3, 0.4) is 0 Å². The smallest absolute Gasteiger partial charge is 0.250 e. The number of aromatic nitrogens is 4. The molecule has 8 heteroatoms. The Labute approximate surface area is 169 Å². The summed E-state index contributed by atoms with van der Waals surface area (Å²) in [4.78, 5) is 16.2. The van der Waals surface area contributed by atoms with E-state index in [1.165, 1.54) is 10.4 Å². The van der Waals surface area contributed by atoms with Crippen LogP contribution in [-0.2, 0) is 17.8 Å². The molecule has 0 fully saturated rings. The van der Waals surface area contributed by atoms with Gasteiger partial charge in [-0.1, -0.05) is 18.2 Å². The molecular formula is C21H23N5O3. The van der Waals surface area contributed by atoms with Crippen LogP contribution in [0.15, 0.2) is 42.5 Å². The van der Waals surface area contributed by atoms with Crippen molar-refractivity contribution in [2.75, 3.05) is 19.1 Å². The second kappa shape index (κ2) is 7.90. The van der Waals surface area contributed by atoms with Gasteiger partial charge in [0.15, 0.2) is 11.5 Å². The number of para-hydroxylation sites is 1. The van der Waals surface area contributed by atoms with Crippen molar-refractivity contribution in [3.8, 4) is 22.9 Å². The lowest BCUT2D eigenvalue weighted by Crippen LogP contribution is -2.44. The molecule has 3 aromatic rings. The van der Waals surface area contributed by atoms with Crippen molar-refractivity contribution in [3.63, 3.8) is 0 Å². The number of benzene rings is 2. The third-order valence-corrected chi connectivity index (χ3v) is 5.16. The van der Waals surface area contributed by atoms with E-state index in [1.807, 2.05) is 29.2 Å². The van der Waals surface area contributed by atoms with Crippen LogP contribution >= 0.6 is 0 Å². The number of hydrogen-bond acceptors (Lipinski definition) is 6. The minimum Gasteiger partial charge on any atom is -0.493 e. The number of tetrazole rings is 1. The van der Waals surface area contributed by atoms with Gasteiger partial charge in [0.1, 0.15) is 6.54 Å². The highest BCUT2D eigenvalue weighted by molar-refractivity contribution is 5.95. The maximum absolute atomic E-state index is 13.0. The molecule has 2 aromatic carbocycles. The summed E-state index contributed by atoms with van der Waals surface area (Å²) in [6.07, 6.45) is 1.91. The van der Waals surface area contributed by atoms with E-state index in [9.17, 15) is 4.79 Å². The van der Waals surface area contributed by atoms with Gasteiger partial charge >= 0.3 is 0 Å². The van der Waals surface area contributed by atoms with Gasteiger partial charge in [0.25, 0.3) is 5.91 Å². The number of aryl methyl sites for hydroxylation is 1. The lowest BCUT2D eigenvalue weighted by molar-refractivity contribution is -0.120. The Morgan fingerprint density at radius 3 is 2.72 bits per heavy atom. The van der Waals surface area contributed by atoms with Gasteiger partial charge in [0.2, 0.25) is 5.82 Å². The number of hydrogen-bond donors (Lipinski definition) is 0. The molecule has 4 rings (SSSR count). The Kier molecular flexibility index (Phi) is 5.16. The first-order chi connectivity index (χ1) is 14.1. The summed E-state index contributed by atoms with van der Waals surface area (Å²) in [5.41, 5.74) is 2.89. The molecule has 1 aromatic heterocycles. The molecule has 2 heterocycles. The van der Waals surface area contributed by atoms with Crippen LogP contribution in [0, 0.1) is 0 Å². The molecule has 1 aliphatic heterocycles. The summed E-state index contributed by atoms with van der Waals surface area (Å²) in [7, 11) is 3.15. The van der Waals surface area contributed by atoms with Gasteiger partial charge in [-0.15, -0.1) is 10.2 Å².